The van der Waals surface area contributed by atoms with Crippen LogP contribution in [0.15, 0.2) is 53.9 Å². The van der Waals surface area contributed by atoms with Gasteiger partial charge in [-0.2, -0.15) is 0 Å². The number of rotatable bonds is 6. The summed E-state index contributed by atoms with van der Waals surface area (Å²) in [5.41, 5.74) is 1.07. The standard InChI is InChI=1S/C16H15NO5S/c1-22-16-5-3-2-4-14(16)10-11-23(20,21)12-13-6-8-15(9-7-13)17(18)19/h2-11H,12H2,1H3. The summed E-state index contributed by atoms with van der Waals surface area (Å²) in [5, 5.41) is 11.7. The van der Waals surface area contributed by atoms with Gasteiger partial charge in [-0.15, -0.1) is 0 Å². The van der Waals surface area contributed by atoms with Gasteiger partial charge in [-0.25, -0.2) is 8.42 Å². The van der Waals surface area contributed by atoms with Crippen LogP contribution in [0.1, 0.15) is 11.1 Å². The number of nitrogens with zero attached hydrogens (tertiary/aromatic N) is 1. The Kier molecular flexibility index (Phi) is 5.13. The molecule has 0 unspecified atom stereocenters. The third-order valence-corrected chi connectivity index (χ3v) is 4.40. The topological polar surface area (TPSA) is 86.5 Å². The quantitative estimate of drug-likeness (QED) is 0.598. The SMILES string of the molecule is COc1ccccc1C=CS(=O)(=O)Cc1ccc([N+](=O)[O-])cc1. The van der Waals surface area contributed by atoms with Crippen LogP contribution in [0.25, 0.3) is 6.08 Å². The molecular formula is C16H15NO5S. The number of para-hydroxylation sites is 1. The summed E-state index contributed by atoms with van der Waals surface area (Å²) >= 11 is 0. The van der Waals surface area contributed by atoms with E-state index >= 15 is 0 Å². The van der Waals surface area contributed by atoms with Gasteiger partial charge in [0.2, 0.25) is 0 Å². The summed E-state index contributed by atoms with van der Waals surface area (Å²) in [6, 6.07) is 12.5. The molecule has 120 valence electrons. The average molecular weight is 333 g/mol. The van der Waals surface area contributed by atoms with Crippen molar-refractivity contribution in [3.8, 4) is 5.75 Å². The van der Waals surface area contributed by atoms with Gasteiger partial charge in [0.1, 0.15) is 5.75 Å². The molecule has 6 nitrogen and oxygen atoms in total. The third-order valence-electron chi connectivity index (χ3n) is 3.11. The van der Waals surface area contributed by atoms with Crippen LogP contribution in [0.4, 0.5) is 5.69 Å². The highest BCUT2D eigenvalue weighted by Crippen LogP contribution is 2.20. The highest BCUT2D eigenvalue weighted by Gasteiger charge is 2.10. The van der Waals surface area contributed by atoms with Gasteiger partial charge in [-0.3, -0.25) is 10.1 Å². The zero-order valence-corrected chi connectivity index (χ0v) is 13.2. The lowest BCUT2D eigenvalue weighted by molar-refractivity contribution is -0.384. The first-order chi connectivity index (χ1) is 10.9. The largest absolute Gasteiger partial charge is 0.496 e. The van der Waals surface area contributed by atoms with E-state index in [0.717, 1.165) is 5.41 Å². The van der Waals surface area contributed by atoms with Crippen LogP contribution in [-0.4, -0.2) is 20.5 Å². The van der Waals surface area contributed by atoms with Gasteiger partial charge in [-0.05, 0) is 17.7 Å². The second kappa shape index (κ2) is 7.06. The molecule has 0 aliphatic carbocycles. The van der Waals surface area contributed by atoms with E-state index in [-0.39, 0.29) is 11.4 Å². The molecule has 0 fully saturated rings. The zero-order chi connectivity index (χ0) is 16.9. The molecule has 0 radical (unpaired) electrons. The second-order valence-electron chi connectivity index (χ2n) is 4.78. The Labute approximate surface area is 134 Å². The number of hydrogen-bond acceptors (Lipinski definition) is 5. The number of ether oxygens (including phenoxy) is 1. The summed E-state index contributed by atoms with van der Waals surface area (Å²) < 4.78 is 29.4. The van der Waals surface area contributed by atoms with Gasteiger partial charge < -0.3 is 4.74 Å². The monoisotopic (exact) mass is 333 g/mol. The molecule has 2 aromatic rings. The van der Waals surface area contributed by atoms with E-state index in [1.165, 1.54) is 37.5 Å². The molecule has 0 aliphatic rings. The molecular weight excluding hydrogens is 318 g/mol. The number of benzene rings is 2. The van der Waals surface area contributed by atoms with Gasteiger partial charge in [0.25, 0.3) is 5.69 Å². The summed E-state index contributed by atoms with van der Waals surface area (Å²) in [5.74, 6) is 0.352. The first kappa shape index (κ1) is 16.7. The number of methoxy groups -OCH3 is 1. The fourth-order valence-electron chi connectivity index (χ4n) is 1.98. The predicted molar refractivity (Wildman–Crippen MR) is 87.7 cm³/mol. The third kappa shape index (κ3) is 4.65. The molecule has 0 atom stereocenters. The lowest BCUT2D eigenvalue weighted by Gasteiger charge is -2.04. The number of hydrogen-bond donors (Lipinski definition) is 0. The molecule has 0 bridgehead atoms. The molecule has 0 aromatic heterocycles. The van der Waals surface area contributed by atoms with Crippen LogP contribution in [0.3, 0.4) is 0 Å². The van der Waals surface area contributed by atoms with E-state index in [2.05, 4.69) is 0 Å². The normalized spacial score (nSPS) is 11.5. The van der Waals surface area contributed by atoms with Crippen LogP contribution < -0.4 is 4.74 Å². The average Bonchev–Trinajstić information content (AvgIpc) is 2.53. The van der Waals surface area contributed by atoms with Crippen molar-refractivity contribution in [3.63, 3.8) is 0 Å². The highest BCUT2D eigenvalue weighted by atomic mass is 32.2. The zero-order valence-electron chi connectivity index (χ0n) is 12.4. The van der Waals surface area contributed by atoms with E-state index in [1.807, 2.05) is 0 Å². The molecule has 7 heteroatoms. The molecule has 0 spiro atoms. The Morgan fingerprint density at radius 2 is 1.78 bits per heavy atom. The van der Waals surface area contributed by atoms with E-state index in [1.54, 1.807) is 24.3 Å². The maximum absolute atomic E-state index is 12.1. The maximum atomic E-state index is 12.1. The van der Waals surface area contributed by atoms with Crippen LogP contribution in [0.2, 0.25) is 0 Å². The molecule has 0 N–H and O–H groups in total. The number of non-ortho nitro benzene ring substituents is 1. The van der Waals surface area contributed by atoms with Crippen molar-refractivity contribution in [1.82, 2.24) is 0 Å². The van der Waals surface area contributed by atoms with Crippen LogP contribution in [-0.2, 0) is 15.6 Å². The van der Waals surface area contributed by atoms with Crippen molar-refractivity contribution in [2.75, 3.05) is 7.11 Å². The van der Waals surface area contributed by atoms with Crippen molar-refractivity contribution in [2.24, 2.45) is 0 Å². The molecule has 0 saturated heterocycles. The minimum atomic E-state index is -3.50. The van der Waals surface area contributed by atoms with Gasteiger partial charge in [0.15, 0.2) is 9.84 Å². The molecule has 0 aliphatic heterocycles. The van der Waals surface area contributed by atoms with E-state index in [0.29, 0.717) is 16.9 Å². The predicted octanol–water partition coefficient (Wildman–Crippen LogP) is 3.19. The van der Waals surface area contributed by atoms with E-state index in [4.69, 9.17) is 4.74 Å². The van der Waals surface area contributed by atoms with Crippen LogP contribution in [0, 0.1) is 10.1 Å². The maximum Gasteiger partial charge on any atom is 0.269 e. The second-order valence-corrected chi connectivity index (χ2v) is 6.66. The number of nitro benzene ring substituents is 1. The Hall–Kier alpha value is -2.67. The minimum Gasteiger partial charge on any atom is -0.496 e. The summed E-state index contributed by atoms with van der Waals surface area (Å²) in [7, 11) is -1.98. The van der Waals surface area contributed by atoms with Crippen LogP contribution >= 0.6 is 0 Å². The molecule has 23 heavy (non-hydrogen) atoms. The fraction of sp³-hybridized carbons (Fsp3) is 0.125. The van der Waals surface area contributed by atoms with E-state index < -0.39 is 14.8 Å². The van der Waals surface area contributed by atoms with Gasteiger partial charge in [-0.1, -0.05) is 30.3 Å². The molecule has 2 rings (SSSR count). The van der Waals surface area contributed by atoms with Crippen molar-refractivity contribution in [1.29, 1.82) is 0 Å². The van der Waals surface area contributed by atoms with E-state index in [9.17, 15) is 18.5 Å². The summed E-state index contributed by atoms with van der Waals surface area (Å²) in [6.45, 7) is 0. The number of sulfone groups is 1. The minimum absolute atomic E-state index is 0.0734. The molecule has 0 heterocycles. The molecule has 2 aromatic carbocycles. The van der Waals surface area contributed by atoms with Gasteiger partial charge in [0.05, 0.1) is 17.8 Å². The lowest BCUT2D eigenvalue weighted by atomic mass is 10.2. The lowest BCUT2D eigenvalue weighted by Crippen LogP contribution is -2.00. The van der Waals surface area contributed by atoms with Crippen LogP contribution in [0.5, 0.6) is 5.75 Å². The summed E-state index contributed by atoms with van der Waals surface area (Å²) in [6.07, 6.45) is 1.47. The van der Waals surface area contributed by atoms with Gasteiger partial charge in [0, 0.05) is 23.1 Å². The first-order valence-electron chi connectivity index (χ1n) is 6.68. The Balaban J connectivity index is 2.15. The first-order valence-corrected chi connectivity index (χ1v) is 8.40. The molecule has 0 amide bonds. The van der Waals surface area contributed by atoms with Crippen molar-refractivity contribution < 1.29 is 18.1 Å². The molecule has 0 saturated carbocycles. The van der Waals surface area contributed by atoms with Gasteiger partial charge >= 0.3 is 0 Å². The smallest absolute Gasteiger partial charge is 0.269 e. The fourth-order valence-corrected chi connectivity index (χ4v) is 3.08. The van der Waals surface area contributed by atoms with Crippen molar-refractivity contribution in [3.05, 3.63) is 75.2 Å². The van der Waals surface area contributed by atoms with Crippen molar-refractivity contribution in [2.45, 2.75) is 5.75 Å². The highest BCUT2D eigenvalue weighted by molar-refractivity contribution is 7.93. The number of nitro groups is 1. The van der Waals surface area contributed by atoms with Crippen molar-refractivity contribution >= 4 is 21.6 Å². The Bertz CT molecular complexity index is 826. The summed E-state index contributed by atoms with van der Waals surface area (Å²) in [4.78, 5) is 10.1. The Morgan fingerprint density at radius 1 is 1.13 bits per heavy atom. The Morgan fingerprint density at radius 3 is 2.39 bits per heavy atom.